The van der Waals surface area contributed by atoms with Crippen LogP contribution >= 0.6 is 15.9 Å². The first kappa shape index (κ1) is 14.5. The van der Waals surface area contributed by atoms with Crippen LogP contribution in [0.15, 0.2) is 22.7 Å². The van der Waals surface area contributed by atoms with E-state index >= 15 is 0 Å². The predicted octanol–water partition coefficient (Wildman–Crippen LogP) is 3.69. The third kappa shape index (κ3) is 3.80. The summed E-state index contributed by atoms with van der Waals surface area (Å²) in [5.74, 6) is -0.144. The van der Waals surface area contributed by atoms with Crippen molar-refractivity contribution in [1.82, 2.24) is 10.2 Å². The number of nitrogens with one attached hydrogen (secondary N) is 1. The molecule has 0 spiro atoms. The van der Waals surface area contributed by atoms with E-state index in [0.29, 0.717) is 12.1 Å². The molecule has 1 saturated heterocycles. The maximum atomic E-state index is 13.4. The standard InChI is InChI=1S/C16H22BrFN2/c17-16-7-4-13(18)9-12(16)10-20(15-5-6-15)11-14-3-1-2-8-19-14/h4,7,9,14-15,19H,1-3,5-6,8,10-11H2. The van der Waals surface area contributed by atoms with Gasteiger partial charge in [-0.1, -0.05) is 22.4 Å². The van der Waals surface area contributed by atoms with E-state index in [-0.39, 0.29) is 5.82 Å². The lowest BCUT2D eigenvalue weighted by molar-refractivity contribution is 0.208. The fraction of sp³-hybridized carbons (Fsp3) is 0.625. The maximum Gasteiger partial charge on any atom is 0.123 e. The molecule has 1 aliphatic carbocycles. The van der Waals surface area contributed by atoms with E-state index in [0.717, 1.165) is 29.7 Å². The van der Waals surface area contributed by atoms with Crippen molar-refractivity contribution in [2.45, 2.75) is 50.7 Å². The van der Waals surface area contributed by atoms with Gasteiger partial charge in [0.1, 0.15) is 5.82 Å². The largest absolute Gasteiger partial charge is 0.313 e. The Bertz CT molecular complexity index is 456. The Hall–Kier alpha value is -0.450. The molecule has 1 atom stereocenters. The lowest BCUT2D eigenvalue weighted by Gasteiger charge is -2.31. The molecule has 0 bridgehead atoms. The summed E-state index contributed by atoms with van der Waals surface area (Å²) in [4.78, 5) is 2.53. The van der Waals surface area contributed by atoms with Crippen LogP contribution < -0.4 is 5.32 Å². The van der Waals surface area contributed by atoms with Crippen LogP contribution in [0.5, 0.6) is 0 Å². The summed E-state index contributed by atoms with van der Waals surface area (Å²) in [5.41, 5.74) is 1.06. The van der Waals surface area contributed by atoms with Gasteiger partial charge in [-0.25, -0.2) is 4.39 Å². The molecule has 1 aromatic rings. The number of hydrogen-bond donors (Lipinski definition) is 1. The number of nitrogens with zero attached hydrogens (tertiary/aromatic N) is 1. The number of benzene rings is 1. The lowest BCUT2D eigenvalue weighted by atomic mass is 10.0. The number of piperidine rings is 1. The number of hydrogen-bond acceptors (Lipinski definition) is 2. The van der Waals surface area contributed by atoms with E-state index in [9.17, 15) is 4.39 Å². The normalized spacial score (nSPS) is 23.2. The van der Waals surface area contributed by atoms with Crippen LogP contribution in [0.1, 0.15) is 37.7 Å². The van der Waals surface area contributed by atoms with Gasteiger partial charge in [-0.2, -0.15) is 0 Å². The van der Waals surface area contributed by atoms with E-state index in [1.165, 1.54) is 38.2 Å². The highest BCUT2D eigenvalue weighted by molar-refractivity contribution is 9.10. The zero-order valence-electron chi connectivity index (χ0n) is 11.7. The van der Waals surface area contributed by atoms with Crippen LogP contribution in [0.4, 0.5) is 4.39 Å². The zero-order valence-corrected chi connectivity index (χ0v) is 13.3. The smallest absolute Gasteiger partial charge is 0.123 e. The Morgan fingerprint density at radius 2 is 2.10 bits per heavy atom. The van der Waals surface area contributed by atoms with Crippen molar-refractivity contribution in [2.75, 3.05) is 13.1 Å². The van der Waals surface area contributed by atoms with Gasteiger partial charge in [-0.3, -0.25) is 4.90 Å². The minimum absolute atomic E-state index is 0.144. The summed E-state index contributed by atoms with van der Waals surface area (Å²) < 4.78 is 14.4. The van der Waals surface area contributed by atoms with Gasteiger partial charge < -0.3 is 5.32 Å². The van der Waals surface area contributed by atoms with Gasteiger partial charge >= 0.3 is 0 Å². The van der Waals surface area contributed by atoms with Gasteiger partial charge in [-0.15, -0.1) is 0 Å². The first-order chi connectivity index (χ1) is 9.72. The highest BCUT2D eigenvalue weighted by Crippen LogP contribution is 2.30. The molecule has 1 heterocycles. The molecule has 1 N–H and O–H groups in total. The molecule has 0 aromatic heterocycles. The SMILES string of the molecule is Fc1ccc(Br)c(CN(CC2CCCCN2)C2CC2)c1. The second kappa shape index (κ2) is 6.54. The molecular formula is C16H22BrFN2. The molecule has 4 heteroatoms. The Kier molecular flexibility index (Phi) is 4.74. The highest BCUT2D eigenvalue weighted by Gasteiger charge is 2.31. The summed E-state index contributed by atoms with van der Waals surface area (Å²) >= 11 is 3.54. The molecule has 2 nitrogen and oxygen atoms in total. The summed E-state index contributed by atoms with van der Waals surface area (Å²) in [6, 6.07) is 6.30. The van der Waals surface area contributed by atoms with Gasteiger partial charge in [0.05, 0.1) is 0 Å². The van der Waals surface area contributed by atoms with Gasteiger partial charge in [0.2, 0.25) is 0 Å². The van der Waals surface area contributed by atoms with Crippen molar-refractivity contribution in [2.24, 2.45) is 0 Å². The van der Waals surface area contributed by atoms with Crippen LogP contribution in [0.2, 0.25) is 0 Å². The Labute approximate surface area is 128 Å². The van der Waals surface area contributed by atoms with Crippen LogP contribution in [-0.2, 0) is 6.54 Å². The second-order valence-corrected chi connectivity index (χ2v) is 6.90. The van der Waals surface area contributed by atoms with Crippen LogP contribution in [0.25, 0.3) is 0 Å². The molecule has 1 aliphatic heterocycles. The quantitative estimate of drug-likeness (QED) is 0.879. The third-order valence-electron chi connectivity index (χ3n) is 4.31. The van der Waals surface area contributed by atoms with Gasteiger partial charge in [-0.05, 0) is 56.0 Å². The highest BCUT2D eigenvalue weighted by atomic mass is 79.9. The van der Waals surface area contributed by atoms with Gasteiger partial charge in [0.15, 0.2) is 0 Å². The Morgan fingerprint density at radius 1 is 1.25 bits per heavy atom. The lowest BCUT2D eigenvalue weighted by Crippen LogP contribution is -2.44. The minimum Gasteiger partial charge on any atom is -0.313 e. The van der Waals surface area contributed by atoms with Crippen molar-refractivity contribution in [3.8, 4) is 0 Å². The molecule has 2 aliphatic rings. The molecule has 20 heavy (non-hydrogen) atoms. The predicted molar refractivity (Wildman–Crippen MR) is 83.2 cm³/mol. The number of rotatable bonds is 5. The molecule has 110 valence electrons. The topological polar surface area (TPSA) is 15.3 Å². The van der Waals surface area contributed by atoms with E-state index in [1.807, 2.05) is 6.07 Å². The van der Waals surface area contributed by atoms with Crippen LogP contribution in [0.3, 0.4) is 0 Å². The summed E-state index contributed by atoms with van der Waals surface area (Å²) in [7, 11) is 0. The minimum atomic E-state index is -0.144. The molecule has 0 amide bonds. The van der Waals surface area contributed by atoms with Crippen LogP contribution in [0, 0.1) is 5.82 Å². The Balaban J connectivity index is 1.66. The monoisotopic (exact) mass is 340 g/mol. The van der Waals surface area contributed by atoms with Crippen LogP contribution in [-0.4, -0.2) is 30.1 Å². The molecule has 1 saturated carbocycles. The second-order valence-electron chi connectivity index (χ2n) is 6.04. The van der Waals surface area contributed by atoms with Gasteiger partial charge in [0.25, 0.3) is 0 Å². The number of halogens is 2. The van der Waals surface area contributed by atoms with Crippen molar-refractivity contribution in [1.29, 1.82) is 0 Å². The summed E-state index contributed by atoms with van der Waals surface area (Å²) in [6.07, 6.45) is 6.49. The average Bonchev–Trinajstić information content (AvgIpc) is 3.28. The van der Waals surface area contributed by atoms with Crippen molar-refractivity contribution < 1.29 is 4.39 Å². The van der Waals surface area contributed by atoms with E-state index in [4.69, 9.17) is 0 Å². The first-order valence-corrected chi connectivity index (χ1v) is 8.43. The molecule has 3 rings (SSSR count). The van der Waals surface area contributed by atoms with E-state index < -0.39 is 0 Å². The summed E-state index contributed by atoms with van der Waals surface area (Å²) in [5, 5.41) is 3.62. The maximum absolute atomic E-state index is 13.4. The van der Waals surface area contributed by atoms with E-state index in [1.54, 1.807) is 6.07 Å². The fourth-order valence-electron chi connectivity index (χ4n) is 3.03. The third-order valence-corrected chi connectivity index (χ3v) is 5.09. The molecule has 2 fully saturated rings. The fourth-order valence-corrected chi connectivity index (χ4v) is 3.40. The van der Waals surface area contributed by atoms with Crippen molar-refractivity contribution in [3.63, 3.8) is 0 Å². The van der Waals surface area contributed by atoms with Crippen molar-refractivity contribution >= 4 is 15.9 Å². The van der Waals surface area contributed by atoms with E-state index in [2.05, 4.69) is 26.1 Å². The average molecular weight is 341 g/mol. The van der Waals surface area contributed by atoms with Gasteiger partial charge in [0, 0.05) is 29.6 Å². The first-order valence-electron chi connectivity index (χ1n) is 7.64. The van der Waals surface area contributed by atoms with Crippen molar-refractivity contribution in [3.05, 3.63) is 34.1 Å². The zero-order chi connectivity index (χ0) is 13.9. The molecule has 1 unspecified atom stereocenters. The molecular weight excluding hydrogens is 319 g/mol. The molecule has 1 aromatic carbocycles. The summed E-state index contributed by atoms with van der Waals surface area (Å²) in [6.45, 7) is 3.08. The Morgan fingerprint density at radius 3 is 2.80 bits per heavy atom. The molecule has 0 radical (unpaired) electrons.